The maximum Gasteiger partial charge on any atom is 0.416 e. The number of ether oxygens (including phenoxy) is 1. The van der Waals surface area contributed by atoms with E-state index in [1.54, 1.807) is 45.0 Å². The van der Waals surface area contributed by atoms with Crippen LogP contribution in [0.2, 0.25) is 5.02 Å². The zero-order chi connectivity index (χ0) is 29.1. The molecule has 0 fully saturated rings. The van der Waals surface area contributed by atoms with Crippen molar-refractivity contribution in [3.63, 3.8) is 0 Å². The fourth-order valence-corrected chi connectivity index (χ4v) is 4.62. The first-order chi connectivity index (χ1) is 17.3. The van der Waals surface area contributed by atoms with E-state index in [4.69, 9.17) is 16.3 Å². The fraction of sp³-hybridized carbons (Fsp3) is 0.440. The summed E-state index contributed by atoms with van der Waals surface area (Å²) in [4.78, 5) is 27.7. The van der Waals surface area contributed by atoms with E-state index in [0.29, 0.717) is 27.8 Å². The number of anilines is 1. The largest absolute Gasteiger partial charge is 0.497 e. The van der Waals surface area contributed by atoms with E-state index in [1.807, 2.05) is 0 Å². The van der Waals surface area contributed by atoms with Crippen molar-refractivity contribution in [2.24, 2.45) is 0 Å². The maximum atomic E-state index is 13.6. The average Bonchev–Trinajstić information content (AvgIpc) is 2.78. The molecular formula is C25H31ClF3N3O5S. The number of methoxy groups -OCH3 is 1. The first kappa shape index (κ1) is 31.2. The molecule has 0 aliphatic carbocycles. The van der Waals surface area contributed by atoms with E-state index in [1.165, 1.54) is 14.0 Å². The zero-order valence-corrected chi connectivity index (χ0v) is 23.5. The lowest BCUT2D eigenvalue weighted by atomic mass is 10.1. The van der Waals surface area contributed by atoms with Crippen molar-refractivity contribution in [1.82, 2.24) is 10.2 Å². The number of nitrogens with zero attached hydrogens (tertiary/aromatic N) is 2. The number of carbonyl (C=O) groups is 2. The Morgan fingerprint density at radius 1 is 1.11 bits per heavy atom. The van der Waals surface area contributed by atoms with Crippen molar-refractivity contribution in [2.75, 3.05) is 24.2 Å². The van der Waals surface area contributed by atoms with E-state index in [0.717, 1.165) is 17.2 Å². The second-order valence-electron chi connectivity index (χ2n) is 9.72. The molecule has 1 N–H and O–H groups in total. The third kappa shape index (κ3) is 8.52. The molecule has 38 heavy (non-hydrogen) atoms. The zero-order valence-electron chi connectivity index (χ0n) is 21.9. The second kappa shape index (κ2) is 11.8. The van der Waals surface area contributed by atoms with Crippen molar-refractivity contribution in [3.05, 3.63) is 58.6 Å². The van der Waals surface area contributed by atoms with Gasteiger partial charge in [0.1, 0.15) is 18.3 Å². The summed E-state index contributed by atoms with van der Waals surface area (Å²) in [5.74, 6) is -0.838. The van der Waals surface area contributed by atoms with E-state index < -0.39 is 57.4 Å². The van der Waals surface area contributed by atoms with Gasteiger partial charge < -0.3 is 15.0 Å². The van der Waals surface area contributed by atoms with Gasteiger partial charge in [-0.2, -0.15) is 13.2 Å². The van der Waals surface area contributed by atoms with Crippen LogP contribution in [0, 0.1) is 0 Å². The van der Waals surface area contributed by atoms with Gasteiger partial charge in [-0.15, -0.1) is 0 Å². The van der Waals surface area contributed by atoms with E-state index in [2.05, 4.69) is 5.32 Å². The molecule has 2 rings (SSSR count). The molecular weight excluding hydrogens is 547 g/mol. The number of alkyl halides is 3. The normalized spacial score (nSPS) is 13.0. The Balaban J connectivity index is 2.53. The number of rotatable bonds is 9. The molecule has 0 radical (unpaired) electrons. The third-order valence-corrected chi connectivity index (χ3v) is 6.82. The van der Waals surface area contributed by atoms with E-state index in [-0.39, 0.29) is 11.6 Å². The minimum atomic E-state index is -4.77. The van der Waals surface area contributed by atoms with Crippen LogP contribution in [0.1, 0.15) is 38.8 Å². The van der Waals surface area contributed by atoms with Gasteiger partial charge in [-0.1, -0.05) is 23.7 Å². The van der Waals surface area contributed by atoms with Crippen molar-refractivity contribution >= 4 is 39.1 Å². The topological polar surface area (TPSA) is 96.0 Å². The molecule has 0 aliphatic heterocycles. The number of amides is 2. The van der Waals surface area contributed by atoms with Gasteiger partial charge in [-0.3, -0.25) is 13.9 Å². The van der Waals surface area contributed by atoms with E-state index in [9.17, 15) is 31.2 Å². The Morgan fingerprint density at radius 2 is 1.74 bits per heavy atom. The highest BCUT2D eigenvalue weighted by Gasteiger charge is 2.35. The van der Waals surface area contributed by atoms with Crippen LogP contribution >= 0.6 is 11.6 Å². The van der Waals surface area contributed by atoms with Crippen LogP contribution in [0.3, 0.4) is 0 Å². The summed E-state index contributed by atoms with van der Waals surface area (Å²) in [7, 11) is -2.81. The molecule has 0 heterocycles. The fourth-order valence-electron chi connectivity index (χ4n) is 3.50. The summed E-state index contributed by atoms with van der Waals surface area (Å²) in [6.07, 6.45) is -4.02. The van der Waals surface area contributed by atoms with Crippen LogP contribution in [-0.2, 0) is 32.3 Å². The molecule has 0 aromatic heterocycles. The third-order valence-electron chi connectivity index (χ3n) is 5.37. The Labute approximate surface area is 225 Å². The lowest BCUT2D eigenvalue weighted by Gasteiger charge is -2.33. The van der Waals surface area contributed by atoms with Crippen LogP contribution in [0.4, 0.5) is 18.9 Å². The minimum Gasteiger partial charge on any atom is -0.497 e. The van der Waals surface area contributed by atoms with Crippen LogP contribution in [0.5, 0.6) is 5.75 Å². The monoisotopic (exact) mass is 577 g/mol. The number of benzene rings is 2. The van der Waals surface area contributed by atoms with Crippen LogP contribution in [-0.4, -0.2) is 56.6 Å². The van der Waals surface area contributed by atoms with Crippen LogP contribution in [0.25, 0.3) is 0 Å². The molecule has 0 bridgehead atoms. The summed E-state index contributed by atoms with van der Waals surface area (Å²) in [5.41, 5.74) is -1.69. The molecule has 0 saturated carbocycles. The highest BCUT2D eigenvalue weighted by molar-refractivity contribution is 7.92. The van der Waals surface area contributed by atoms with Gasteiger partial charge >= 0.3 is 6.18 Å². The number of sulfonamides is 1. The first-order valence-electron chi connectivity index (χ1n) is 11.4. The molecule has 8 nitrogen and oxygen atoms in total. The molecule has 2 aromatic rings. The molecule has 0 spiro atoms. The van der Waals surface area contributed by atoms with Crippen molar-refractivity contribution in [1.29, 1.82) is 0 Å². The molecule has 13 heteroatoms. The average molecular weight is 578 g/mol. The summed E-state index contributed by atoms with van der Waals surface area (Å²) in [6.45, 7) is 5.74. The number of hydrogen-bond donors (Lipinski definition) is 1. The SMILES string of the molecule is COc1cccc(CN(C(=O)CN(c2cc(C(F)(F)F)ccc2Cl)S(C)(=O)=O)C(C)C(=O)NC(C)(C)C)c1. The van der Waals surface area contributed by atoms with Gasteiger partial charge in [0, 0.05) is 12.1 Å². The van der Waals surface area contributed by atoms with Gasteiger partial charge in [0.2, 0.25) is 21.8 Å². The summed E-state index contributed by atoms with van der Waals surface area (Å²) in [6, 6.07) is 7.83. The standard InChI is InChI=1S/C25H31ClF3N3O5S/c1-16(23(34)30-24(2,3)4)31(14-17-8-7-9-19(12-17)37-5)22(33)15-32(38(6,35)36)21-13-18(25(27,28)29)10-11-20(21)26/h7-13,16H,14-15H2,1-6H3,(H,30,34). The molecule has 0 aliphatic rings. The number of carbonyl (C=O) groups excluding carboxylic acids is 2. The molecule has 1 atom stereocenters. The Kier molecular flexibility index (Phi) is 9.71. The van der Waals surface area contributed by atoms with Crippen molar-refractivity contribution < 1.29 is 35.9 Å². The Bertz CT molecular complexity index is 1280. The van der Waals surface area contributed by atoms with Crippen molar-refractivity contribution in [3.8, 4) is 5.75 Å². The molecule has 2 amide bonds. The van der Waals surface area contributed by atoms with Crippen molar-refractivity contribution in [2.45, 2.75) is 52.0 Å². The summed E-state index contributed by atoms with van der Waals surface area (Å²) >= 11 is 6.08. The van der Waals surface area contributed by atoms with E-state index >= 15 is 0 Å². The number of nitrogens with one attached hydrogen (secondary N) is 1. The lowest BCUT2D eigenvalue weighted by molar-refractivity contribution is -0.140. The smallest absolute Gasteiger partial charge is 0.416 e. The quantitative estimate of drug-likeness (QED) is 0.475. The Morgan fingerprint density at radius 3 is 2.26 bits per heavy atom. The minimum absolute atomic E-state index is 0.108. The molecule has 1 unspecified atom stereocenters. The highest BCUT2D eigenvalue weighted by Crippen LogP contribution is 2.36. The predicted octanol–water partition coefficient (Wildman–Crippen LogP) is 4.47. The van der Waals surface area contributed by atoms with Crippen LogP contribution in [0.15, 0.2) is 42.5 Å². The summed E-state index contributed by atoms with van der Waals surface area (Å²) < 4.78 is 71.1. The number of hydrogen-bond acceptors (Lipinski definition) is 5. The van der Waals surface area contributed by atoms with Gasteiger partial charge in [-0.25, -0.2) is 8.42 Å². The number of halogens is 4. The second-order valence-corrected chi connectivity index (χ2v) is 12.0. The maximum absolute atomic E-state index is 13.6. The predicted molar refractivity (Wildman–Crippen MR) is 140 cm³/mol. The molecule has 210 valence electrons. The van der Waals surface area contributed by atoms with Gasteiger partial charge in [0.25, 0.3) is 0 Å². The highest BCUT2D eigenvalue weighted by atomic mass is 35.5. The van der Waals surface area contributed by atoms with Crippen LogP contribution < -0.4 is 14.4 Å². The van der Waals surface area contributed by atoms with Gasteiger partial charge in [-0.05, 0) is 63.6 Å². The van der Waals surface area contributed by atoms with Gasteiger partial charge in [0.05, 0.1) is 29.6 Å². The first-order valence-corrected chi connectivity index (χ1v) is 13.6. The molecule has 0 saturated heterocycles. The lowest BCUT2D eigenvalue weighted by Crippen LogP contribution is -2.54. The van der Waals surface area contributed by atoms with Gasteiger partial charge in [0.15, 0.2) is 0 Å². The molecule has 2 aromatic carbocycles. The Hall–Kier alpha value is -2.99. The summed E-state index contributed by atoms with van der Waals surface area (Å²) in [5, 5.41) is 2.48.